The summed E-state index contributed by atoms with van der Waals surface area (Å²) in [6, 6.07) is 4.13. The Balaban J connectivity index is 1.42. The molecule has 1 spiro atoms. The number of aromatic nitrogens is 2. The lowest BCUT2D eigenvalue weighted by atomic mass is 9.77. The van der Waals surface area contributed by atoms with Crippen molar-refractivity contribution in [3.63, 3.8) is 0 Å². The molecule has 1 unspecified atom stereocenters. The molecular formula is C20H29N5O. The minimum Gasteiger partial charge on any atom is -0.348 e. The molecule has 2 saturated heterocycles. The second-order valence-corrected chi connectivity index (χ2v) is 8.19. The highest BCUT2D eigenvalue weighted by atomic mass is 16.2. The first-order valence-electron chi connectivity index (χ1n) is 9.61. The topological polar surface area (TPSA) is 73.1 Å². The Morgan fingerprint density at radius 2 is 2.12 bits per heavy atom. The number of aryl methyl sites for hydroxylation is 2. The number of likely N-dealkylation sites (tertiary alicyclic amines) is 1. The molecule has 1 aromatic carbocycles. The van der Waals surface area contributed by atoms with E-state index in [2.05, 4.69) is 58.5 Å². The Kier molecular flexibility index (Phi) is 4.49. The Hall–Kier alpha value is -1.92. The van der Waals surface area contributed by atoms with Crippen LogP contribution in [0.25, 0.3) is 11.0 Å². The van der Waals surface area contributed by atoms with Crippen molar-refractivity contribution >= 4 is 16.9 Å². The third-order valence-electron chi connectivity index (χ3n) is 6.37. The predicted molar refractivity (Wildman–Crippen MR) is 103 cm³/mol. The minimum absolute atomic E-state index is 0.0264. The van der Waals surface area contributed by atoms with Gasteiger partial charge in [-0.1, -0.05) is 6.07 Å². The van der Waals surface area contributed by atoms with E-state index in [1.165, 1.54) is 24.0 Å². The maximum Gasteiger partial charge on any atom is 0.237 e. The molecule has 0 radical (unpaired) electrons. The number of carbonyl (C=O) groups excluding carboxylic acids is 1. The van der Waals surface area contributed by atoms with Crippen LogP contribution in [0.3, 0.4) is 0 Å². The van der Waals surface area contributed by atoms with Crippen LogP contribution in [0.4, 0.5) is 0 Å². The van der Waals surface area contributed by atoms with Gasteiger partial charge in [-0.25, -0.2) is 4.98 Å². The number of amides is 1. The van der Waals surface area contributed by atoms with Crippen molar-refractivity contribution in [1.82, 2.24) is 25.5 Å². The molecule has 2 aliphatic rings. The molecule has 2 fully saturated rings. The molecule has 4 rings (SSSR count). The smallest absolute Gasteiger partial charge is 0.237 e. The summed E-state index contributed by atoms with van der Waals surface area (Å²) in [5.41, 5.74) is 4.78. The van der Waals surface area contributed by atoms with Crippen molar-refractivity contribution in [3.8, 4) is 0 Å². The zero-order valence-electron chi connectivity index (χ0n) is 16.0. The number of rotatable bonds is 3. The van der Waals surface area contributed by atoms with Gasteiger partial charge in [0.2, 0.25) is 5.91 Å². The number of likely N-dealkylation sites (N-methyl/N-ethyl adjacent to an activating group) is 1. The van der Waals surface area contributed by atoms with Gasteiger partial charge in [0.25, 0.3) is 0 Å². The van der Waals surface area contributed by atoms with E-state index in [0.29, 0.717) is 12.0 Å². The average molecular weight is 355 g/mol. The van der Waals surface area contributed by atoms with Gasteiger partial charge in [0, 0.05) is 6.54 Å². The average Bonchev–Trinajstić information content (AvgIpc) is 3.18. The van der Waals surface area contributed by atoms with Crippen LogP contribution in [0.2, 0.25) is 0 Å². The lowest BCUT2D eigenvalue weighted by Gasteiger charge is -2.33. The maximum atomic E-state index is 12.8. The summed E-state index contributed by atoms with van der Waals surface area (Å²) in [6.45, 7) is 7.80. The van der Waals surface area contributed by atoms with Gasteiger partial charge in [0.15, 0.2) is 0 Å². The zero-order chi connectivity index (χ0) is 18.3. The fraction of sp³-hybridized carbons (Fsp3) is 0.600. The second-order valence-electron chi connectivity index (χ2n) is 8.19. The van der Waals surface area contributed by atoms with Gasteiger partial charge in [-0.3, -0.25) is 9.69 Å². The van der Waals surface area contributed by atoms with E-state index in [1.54, 1.807) is 0 Å². The minimum atomic E-state index is -0.0264. The molecule has 6 heteroatoms. The summed E-state index contributed by atoms with van der Waals surface area (Å²) >= 11 is 0. The fourth-order valence-corrected chi connectivity index (χ4v) is 4.62. The summed E-state index contributed by atoms with van der Waals surface area (Å²) in [7, 11) is 2.08. The van der Waals surface area contributed by atoms with Crippen molar-refractivity contribution in [3.05, 3.63) is 29.1 Å². The van der Waals surface area contributed by atoms with E-state index in [0.717, 1.165) is 42.9 Å². The van der Waals surface area contributed by atoms with Crippen molar-refractivity contribution in [2.24, 2.45) is 5.41 Å². The number of piperidine rings is 1. The van der Waals surface area contributed by atoms with Gasteiger partial charge in [-0.05, 0) is 75.9 Å². The van der Waals surface area contributed by atoms with E-state index in [9.17, 15) is 4.79 Å². The van der Waals surface area contributed by atoms with Crippen LogP contribution in [0.5, 0.6) is 0 Å². The highest BCUT2D eigenvalue weighted by Gasteiger charge is 2.45. The highest BCUT2D eigenvalue weighted by Crippen LogP contribution is 2.41. The van der Waals surface area contributed by atoms with Crippen molar-refractivity contribution in [2.45, 2.75) is 45.7 Å². The van der Waals surface area contributed by atoms with Crippen LogP contribution in [-0.4, -0.2) is 53.5 Å². The third-order valence-corrected chi connectivity index (χ3v) is 6.37. The fourth-order valence-electron chi connectivity index (χ4n) is 4.62. The number of fused-ring (bicyclic) bond motifs is 1. The van der Waals surface area contributed by atoms with Crippen LogP contribution >= 0.6 is 0 Å². The molecule has 1 amide bonds. The van der Waals surface area contributed by atoms with Crippen LogP contribution < -0.4 is 10.6 Å². The van der Waals surface area contributed by atoms with E-state index in [1.807, 2.05) is 0 Å². The van der Waals surface area contributed by atoms with Crippen LogP contribution in [0.15, 0.2) is 12.1 Å². The molecule has 3 heterocycles. The summed E-state index contributed by atoms with van der Waals surface area (Å²) in [4.78, 5) is 23.0. The molecule has 0 bridgehead atoms. The molecule has 2 aromatic rings. The van der Waals surface area contributed by atoms with Crippen LogP contribution in [0.1, 0.15) is 36.2 Å². The predicted octanol–water partition coefficient (Wildman–Crippen LogP) is 1.87. The van der Waals surface area contributed by atoms with Gasteiger partial charge >= 0.3 is 0 Å². The monoisotopic (exact) mass is 355 g/mol. The van der Waals surface area contributed by atoms with Crippen molar-refractivity contribution < 1.29 is 4.79 Å². The first kappa shape index (κ1) is 17.5. The summed E-state index contributed by atoms with van der Waals surface area (Å²) < 4.78 is 0. The van der Waals surface area contributed by atoms with Gasteiger partial charge in [0.1, 0.15) is 5.82 Å². The Morgan fingerprint density at radius 1 is 1.35 bits per heavy atom. The molecule has 1 aromatic heterocycles. The number of nitrogens with zero attached hydrogens (tertiary/aromatic N) is 2. The Bertz CT molecular complexity index is 821. The number of aromatic amines is 1. The molecule has 0 aliphatic carbocycles. The van der Waals surface area contributed by atoms with Crippen LogP contribution in [0, 0.1) is 19.3 Å². The first-order valence-corrected chi connectivity index (χ1v) is 9.61. The van der Waals surface area contributed by atoms with E-state index in [4.69, 9.17) is 0 Å². The number of benzene rings is 1. The maximum absolute atomic E-state index is 12.8. The molecule has 6 nitrogen and oxygen atoms in total. The normalized spacial score (nSPS) is 23.0. The highest BCUT2D eigenvalue weighted by molar-refractivity contribution is 5.82. The van der Waals surface area contributed by atoms with Crippen molar-refractivity contribution in [2.75, 3.05) is 26.7 Å². The zero-order valence-corrected chi connectivity index (χ0v) is 16.0. The Labute approximate surface area is 154 Å². The molecule has 2 aliphatic heterocycles. The van der Waals surface area contributed by atoms with Gasteiger partial charge < -0.3 is 15.6 Å². The second kappa shape index (κ2) is 6.67. The number of H-pyrrole nitrogens is 1. The number of nitrogens with one attached hydrogen (secondary N) is 3. The van der Waals surface area contributed by atoms with E-state index >= 15 is 0 Å². The number of imidazole rings is 1. The number of carbonyl (C=O) groups is 1. The first-order chi connectivity index (χ1) is 12.5. The van der Waals surface area contributed by atoms with Gasteiger partial charge in [0.05, 0.1) is 23.6 Å². The molecule has 1 atom stereocenters. The number of hydrogen-bond donors (Lipinski definition) is 3. The third kappa shape index (κ3) is 3.12. The summed E-state index contributed by atoms with van der Waals surface area (Å²) in [6.07, 6.45) is 3.31. The lowest BCUT2D eigenvalue weighted by molar-refractivity contribution is -0.125. The lowest BCUT2D eigenvalue weighted by Crippen LogP contribution is -2.41. The summed E-state index contributed by atoms with van der Waals surface area (Å²) in [5.74, 6) is 0.940. The van der Waals surface area contributed by atoms with Crippen molar-refractivity contribution in [1.29, 1.82) is 0 Å². The largest absolute Gasteiger partial charge is 0.348 e. The van der Waals surface area contributed by atoms with E-state index < -0.39 is 0 Å². The molecule has 140 valence electrons. The Morgan fingerprint density at radius 3 is 2.88 bits per heavy atom. The SMILES string of the molecule is Cc1ccc2[nH]c(CNC(=O)C3CC4(CCNCC4)CN3C)nc2c1C. The van der Waals surface area contributed by atoms with E-state index in [-0.39, 0.29) is 11.9 Å². The standard InChI is InChI=1S/C20H29N5O/c1-13-4-5-15-18(14(13)2)24-17(23-15)11-22-19(26)16-10-20(12-25(16)3)6-8-21-9-7-20/h4-5,16,21H,6-12H2,1-3H3,(H,22,26)(H,23,24). The molecular weight excluding hydrogens is 326 g/mol. The van der Waals surface area contributed by atoms with Gasteiger partial charge in [-0.15, -0.1) is 0 Å². The molecule has 26 heavy (non-hydrogen) atoms. The quantitative estimate of drug-likeness (QED) is 0.786. The molecule has 3 N–H and O–H groups in total. The van der Waals surface area contributed by atoms with Crippen LogP contribution in [-0.2, 0) is 11.3 Å². The molecule has 0 saturated carbocycles. The number of hydrogen-bond acceptors (Lipinski definition) is 4. The summed E-state index contributed by atoms with van der Waals surface area (Å²) in [5, 5.41) is 6.53. The van der Waals surface area contributed by atoms with Gasteiger partial charge in [-0.2, -0.15) is 0 Å².